The Hall–Kier alpha value is -0.350. The van der Waals surface area contributed by atoms with Gasteiger partial charge in [0.1, 0.15) is 0 Å². The van der Waals surface area contributed by atoms with Gasteiger partial charge in [-0.05, 0) is 23.1 Å². The molecule has 2 N–H and O–H groups in total. The minimum atomic E-state index is -0.139. The maximum absolute atomic E-state index is 10.4. The molecule has 0 aromatic carbocycles. The monoisotopic (exact) mass is 132 g/mol. The van der Waals surface area contributed by atoms with E-state index in [2.05, 4.69) is 9.44 Å². The molecule has 1 atom stereocenters. The van der Waals surface area contributed by atoms with Crippen molar-refractivity contribution in [1.29, 1.82) is 0 Å². The molecule has 46 valence electrons. The molecule has 0 aromatic heterocycles. The molecule has 0 saturated carbocycles. The number of hydrogen-bond donors (Lipinski definition) is 2. The van der Waals surface area contributed by atoms with Crippen LogP contribution >= 0.6 is 10.9 Å². The van der Waals surface area contributed by atoms with E-state index in [1.165, 1.54) is 0 Å². The first kappa shape index (κ1) is 5.78. The van der Waals surface area contributed by atoms with Crippen LogP contribution in [0.3, 0.4) is 0 Å². The highest BCUT2D eigenvalue weighted by molar-refractivity contribution is 8.12. The molecule has 1 rings (SSSR count). The second-order valence-electron chi connectivity index (χ2n) is 1.42. The van der Waals surface area contributed by atoms with E-state index in [1.807, 2.05) is 12.3 Å². The Balaban J connectivity index is 2.56. The molecule has 1 fully saturated rings. The Labute approximate surface area is 50.7 Å². The van der Waals surface area contributed by atoms with Gasteiger partial charge < -0.3 is 0 Å². The summed E-state index contributed by atoms with van der Waals surface area (Å²) >= 11 is 0. The summed E-state index contributed by atoms with van der Waals surface area (Å²) in [5.41, 5.74) is 0. The summed E-state index contributed by atoms with van der Waals surface area (Å²) in [6.45, 7) is 2.38. The Morgan fingerprint density at radius 3 is 2.88 bits per heavy atom. The Bertz CT molecular complexity index is 143. The van der Waals surface area contributed by atoms with Crippen LogP contribution in [0.15, 0.2) is 0 Å². The zero-order valence-corrected chi connectivity index (χ0v) is 5.42. The summed E-state index contributed by atoms with van der Waals surface area (Å²) in [6.07, 6.45) is 0. The van der Waals surface area contributed by atoms with E-state index in [0.717, 1.165) is 0 Å². The van der Waals surface area contributed by atoms with Gasteiger partial charge in [-0.25, -0.2) is 4.72 Å². The molecule has 0 spiro atoms. The molecule has 4 heteroatoms. The third-order valence-corrected chi connectivity index (χ3v) is 2.22. The van der Waals surface area contributed by atoms with E-state index < -0.39 is 0 Å². The highest BCUT2D eigenvalue weighted by Crippen LogP contribution is 2.02. The fourth-order valence-corrected chi connectivity index (χ4v) is 1.44. The Kier molecular flexibility index (Phi) is 1.65. The zero-order valence-electron chi connectivity index (χ0n) is 4.60. The normalized spacial score (nSPS) is 28.6. The topological polar surface area (TPSA) is 41.1 Å². The van der Waals surface area contributed by atoms with Crippen molar-refractivity contribution < 1.29 is 4.79 Å². The lowest BCUT2D eigenvalue weighted by molar-refractivity contribution is -0.117. The predicted octanol–water partition coefficient (Wildman–Crippen LogP) is -0.373. The number of amides is 1. The molecule has 1 heterocycles. The van der Waals surface area contributed by atoms with Crippen molar-refractivity contribution >= 4 is 22.1 Å². The predicted molar refractivity (Wildman–Crippen MR) is 35.5 cm³/mol. The molecular formula is C4H8N2OS. The smallest absolute Gasteiger partial charge is 0.245 e. The van der Waals surface area contributed by atoms with E-state index in [1.54, 1.807) is 0 Å². The van der Waals surface area contributed by atoms with Gasteiger partial charge in [-0.3, -0.25) is 9.52 Å². The zero-order chi connectivity index (χ0) is 5.98. The molecule has 1 aliphatic rings. The average Bonchev–Trinajstić information content (AvgIpc) is 2.14. The van der Waals surface area contributed by atoms with E-state index in [-0.39, 0.29) is 16.8 Å². The molecule has 1 aliphatic heterocycles. The van der Waals surface area contributed by atoms with Crippen molar-refractivity contribution in [3.05, 3.63) is 0 Å². The number of nitrogens with one attached hydrogen (secondary N) is 2. The van der Waals surface area contributed by atoms with Crippen molar-refractivity contribution in [2.75, 3.05) is 6.54 Å². The van der Waals surface area contributed by atoms with E-state index in [4.69, 9.17) is 0 Å². The molecule has 1 unspecified atom stereocenters. The van der Waals surface area contributed by atoms with Crippen LogP contribution in [-0.4, -0.2) is 17.8 Å². The van der Waals surface area contributed by atoms with Crippen LogP contribution in [0.25, 0.3) is 0 Å². The molecule has 3 nitrogen and oxygen atoms in total. The minimum absolute atomic E-state index is 0.0893. The lowest BCUT2D eigenvalue weighted by atomic mass is 10.7. The first-order chi connectivity index (χ1) is 3.83. The first-order valence-corrected chi connectivity index (χ1v) is 3.67. The quantitative estimate of drug-likeness (QED) is 0.441. The van der Waals surface area contributed by atoms with E-state index in [0.29, 0.717) is 6.54 Å². The lowest BCUT2D eigenvalue weighted by Crippen LogP contribution is -2.11. The number of rotatable bonds is 0. The Morgan fingerprint density at radius 2 is 2.62 bits per heavy atom. The molecule has 0 aromatic rings. The van der Waals surface area contributed by atoms with Gasteiger partial charge in [0, 0.05) is 0 Å². The van der Waals surface area contributed by atoms with Gasteiger partial charge >= 0.3 is 0 Å². The molecule has 1 amide bonds. The Morgan fingerprint density at radius 1 is 1.88 bits per heavy atom. The van der Waals surface area contributed by atoms with Crippen molar-refractivity contribution in [3.8, 4) is 0 Å². The van der Waals surface area contributed by atoms with Crippen LogP contribution < -0.4 is 9.44 Å². The van der Waals surface area contributed by atoms with E-state index in [9.17, 15) is 4.79 Å². The van der Waals surface area contributed by atoms with Crippen molar-refractivity contribution in [1.82, 2.24) is 9.44 Å². The molecule has 8 heavy (non-hydrogen) atoms. The third-order valence-electron chi connectivity index (χ3n) is 0.848. The summed E-state index contributed by atoms with van der Waals surface area (Å²) in [4.78, 5) is 10.4. The van der Waals surface area contributed by atoms with Gasteiger partial charge in [0.25, 0.3) is 0 Å². The second kappa shape index (κ2) is 2.28. The first-order valence-electron chi connectivity index (χ1n) is 2.38. The van der Waals surface area contributed by atoms with Crippen molar-refractivity contribution in [2.24, 2.45) is 0 Å². The molecule has 0 bridgehead atoms. The maximum Gasteiger partial charge on any atom is 0.245 e. The number of carbonyl (C=O) groups is 1. The molecule has 1 saturated heterocycles. The van der Waals surface area contributed by atoms with Crippen LogP contribution in [-0.2, 0) is 4.79 Å². The van der Waals surface area contributed by atoms with Gasteiger partial charge in [0.15, 0.2) is 0 Å². The third kappa shape index (κ3) is 1.08. The standard InChI is InChI=1S/C4H8N2OS/c1-2-8-5-3-4(7)6-8/h2,5H,3H2,1H3,(H,6,7). The molecular weight excluding hydrogens is 124 g/mol. The molecule has 0 aliphatic carbocycles. The summed E-state index contributed by atoms with van der Waals surface area (Å²) in [5.74, 6) is 0.0893. The average molecular weight is 132 g/mol. The largest absolute Gasteiger partial charge is 0.293 e. The maximum atomic E-state index is 10.4. The van der Waals surface area contributed by atoms with Crippen LogP contribution in [0.5, 0.6) is 0 Å². The highest BCUT2D eigenvalue weighted by Gasteiger charge is 2.09. The fourth-order valence-electron chi connectivity index (χ4n) is 0.480. The lowest BCUT2D eigenvalue weighted by Gasteiger charge is -1.92. The highest BCUT2D eigenvalue weighted by atomic mass is 32.2. The number of carbonyl (C=O) groups excluding carboxylic acids is 1. The van der Waals surface area contributed by atoms with Gasteiger partial charge in [-0.2, -0.15) is 0 Å². The van der Waals surface area contributed by atoms with Crippen LogP contribution in [0, 0.1) is 0 Å². The second-order valence-corrected chi connectivity index (χ2v) is 3.06. The van der Waals surface area contributed by atoms with Crippen LogP contribution in [0.4, 0.5) is 0 Å². The minimum Gasteiger partial charge on any atom is -0.293 e. The summed E-state index contributed by atoms with van der Waals surface area (Å²) in [6, 6.07) is 0. The number of hydrogen-bond acceptors (Lipinski definition) is 2. The van der Waals surface area contributed by atoms with Gasteiger partial charge in [0.2, 0.25) is 5.91 Å². The summed E-state index contributed by atoms with van der Waals surface area (Å²) < 4.78 is 5.69. The van der Waals surface area contributed by atoms with E-state index >= 15 is 0 Å². The summed E-state index contributed by atoms with van der Waals surface area (Å²) in [7, 11) is -0.139. The van der Waals surface area contributed by atoms with Crippen LogP contribution in [0.1, 0.15) is 6.92 Å². The fraction of sp³-hybridized carbons (Fsp3) is 0.500. The van der Waals surface area contributed by atoms with Crippen molar-refractivity contribution in [3.63, 3.8) is 0 Å². The van der Waals surface area contributed by atoms with Gasteiger partial charge in [-0.15, -0.1) is 0 Å². The van der Waals surface area contributed by atoms with Gasteiger partial charge in [-0.1, -0.05) is 0 Å². The SMILES string of the molecule is C/C=S1/NCC(=O)N1. The van der Waals surface area contributed by atoms with Gasteiger partial charge in [0.05, 0.1) is 6.54 Å². The molecule has 0 radical (unpaired) electrons. The van der Waals surface area contributed by atoms with Crippen LogP contribution in [0.2, 0.25) is 0 Å². The van der Waals surface area contributed by atoms with Crippen molar-refractivity contribution in [2.45, 2.75) is 6.92 Å². The summed E-state index contributed by atoms with van der Waals surface area (Å²) in [5, 5.41) is 1.94.